The third-order valence-corrected chi connectivity index (χ3v) is 3.30. The van der Waals surface area contributed by atoms with Crippen LogP contribution in [0.3, 0.4) is 0 Å². The Hall–Kier alpha value is -2.21. The number of rotatable bonds is 3. The third-order valence-electron chi connectivity index (χ3n) is 2.50. The fourth-order valence-corrected chi connectivity index (χ4v) is 2.29. The van der Waals surface area contributed by atoms with E-state index in [2.05, 4.69) is 15.1 Å². The lowest BCUT2D eigenvalue weighted by Gasteiger charge is -2.06. The van der Waals surface area contributed by atoms with Gasteiger partial charge in [-0.3, -0.25) is 4.98 Å². The van der Waals surface area contributed by atoms with Crippen molar-refractivity contribution in [1.29, 1.82) is 0 Å². The maximum absolute atomic E-state index is 5.04. The molecule has 3 heterocycles. The first-order valence-electron chi connectivity index (χ1n) is 5.32. The lowest BCUT2D eigenvalue weighted by Crippen LogP contribution is -1.99. The maximum atomic E-state index is 5.04. The molecule has 0 amide bonds. The molecule has 0 aliphatic heterocycles. The summed E-state index contributed by atoms with van der Waals surface area (Å²) in [4.78, 5) is 9.33. The predicted octanol–water partition coefficient (Wildman–Crippen LogP) is 2.40. The van der Waals surface area contributed by atoms with Crippen LogP contribution in [0.25, 0.3) is 16.3 Å². The molecule has 0 aliphatic rings. The van der Waals surface area contributed by atoms with Crippen LogP contribution < -0.4 is 4.74 Å². The molecule has 0 fully saturated rings. The Bertz CT molecular complexity index is 630. The summed E-state index contributed by atoms with van der Waals surface area (Å²) >= 11 is 1.58. The van der Waals surface area contributed by atoms with Crippen molar-refractivity contribution < 1.29 is 4.74 Å². The Morgan fingerprint density at radius 1 is 1.22 bits per heavy atom. The Kier molecular flexibility index (Phi) is 2.77. The second kappa shape index (κ2) is 4.58. The van der Waals surface area contributed by atoms with E-state index in [1.54, 1.807) is 36.4 Å². The number of methoxy groups -OCH3 is 1. The molecule has 0 N–H and O–H groups in total. The Labute approximate surface area is 108 Å². The summed E-state index contributed by atoms with van der Waals surface area (Å²) in [5, 5.41) is 4.31. The highest BCUT2D eigenvalue weighted by Crippen LogP contribution is 2.25. The zero-order valence-electron chi connectivity index (χ0n) is 9.65. The van der Waals surface area contributed by atoms with Crippen LogP contribution in [0.2, 0.25) is 0 Å². The highest BCUT2D eigenvalue weighted by Gasteiger charge is 2.09. The molecule has 3 aromatic rings. The Balaban J connectivity index is 2.04. The van der Waals surface area contributed by atoms with Crippen LogP contribution >= 0.6 is 11.3 Å². The molecule has 0 saturated heterocycles. The molecule has 0 radical (unpaired) electrons. The second-order valence-electron chi connectivity index (χ2n) is 3.55. The van der Waals surface area contributed by atoms with Crippen molar-refractivity contribution in [3.8, 4) is 22.1 Å². The molecule has 6 heteroatoms. The van der Waals surface area contributed by atoms with Crippen LogP contribution in [0, 0.1) is 0 Å². The van der Waals surface area contributed by atoms with Crippen molar-refractivity contribution >= 4 is 11.3 Å². The zero-order valence-corrected chi connectivity index (χ0v) is 10.5. The zero-order chi connectivity index (χ0) is 12.4. The van der Waals surface area contributed by atoms with Gasteiger partial charge in [0.25, 0.3) is 0 Å². The highest BCUT2D eigenvalue weighted by molar-refractivity contribution is 7.13. The third kappa shape index (κ3) is 1.86. The van der Waals surface area contributed by atoms with E-state index >= 15 is 0 Å². The number of nitrogens with zero attached hydrogens (tertiary/aromatic N) is 4. The van der Waals surface area contributed by atoms with Crippen LogP contribution in [0.1, 0.15) is 0 Å². The molecule has 90 valence electrons. The largest absolute Gasteiger partial charge is 0.481 e. The normalized spacial score (nSPS) is 10.5. The minimum Gasteiger partial charge on any atom is -0.481 e. The smallest absolute Gasteiger partial charge is 0.213 e. The van der Waals surface area contributed by atoms with E-state index in [0.717, 1.165) is 16.3 Å². The SMILES string of the molecule is COc1ccc(-n2nccc2-c2cncs2)cn1. The van der Waals surface area contributed by atoms with E-state index < -0.39 is 0 Å². The fourth-order valence-electron chi connectivity index (χ4n) is 1.66. The maximum Gasteiger partial charge on any atom is 0.213 e. The number of hydrogen-bond acceptors (Lipinski definition) is 5. The summed E-state index contributed by atoms with van der Waals surface area (Å²) in [6, 6.07) is 5.69. The molecule has 3 aromatic heterocycles. The van der Waals surface area contributed by atoms with Gasteiger partial charge < -0.3 is 4.74 Å². The van der Waals surface area contributed by atoms with E-state index in [0.29, 0.717) is 5.88 Å². The van der Waals surface area contributed by atoms with Crippen LogP contribution in [-0.4, -0.2) is 26.9 Å². The number of thiazole rings is 1. The average Bonchev–Trinajstić information content (AvgIpc) is 3.09. The number of aromatic nitrogens is 4. The Morgan fingerprint density at radius 2 is 2.17 bits per heavy atom. The summed E-state index contributed by atoms with van der Waals surface area (Å²) in [5.74, 6) is 0.588. The van der Waals surface area contributed by atoms with Crippen molar-refractivity contribution in [2.24, 2.45) is 0 Å². The molecule has 0 bridgehead atoms. The van der Waals surface area contributed by atoms with Crippen molar-refractivity contribution in [3.05, 3.63) is 42.3 Å². The average molecular weight is 258 g/mol. The minimum atomic E-state index is 0.588. The molecule has 0 unspecified atom stereocenters. The topological polar surface area (TPSA) is 52.8 Å². The molecule has 18 heavy (non-hydrogen) atoms. The Morgan fingerprint density at radius 3 is 2.83 bits per heavy atom. The summed E-state index contributed by atoms with van der Waals surface area (Å²) in [6.07, 6.45) is 5.32. The van der Waals surface area contributed by atoms with Crippen molar-refractivity contribution in [1.82, 2.24) is 19.7 Å². The quantitative estimate of drug-likeness (QED) is 0.724. The highest BCUT2D eigenvalue weighted by atomic mass is 32.1. The number of hydrogen-bond donors (Lipinski definition) is 0. The van der Waals surface area contributed by atoms with Gasteiger partial charge in [-0.2, -0.15) is 5.10 Å². The lowest BCUT2D eigenvalue weighted by molar-refractivity contribution is 0.397. The lowest BCUT2D eigenvalue weighted by atomic mass is 10.3. The molecule has 0 aromatic carbocycles. The molecule has 0 atom stereocenters. The monoisotopic (exact) mass is 258 g/mol. The van der Waals surface area contributed by atoms with Gasteiger partial charge >= 0.3 is 0 Å². The first kappa shape index (κ1) is 10.9. The standard InChI is InChI=1S/C12H10N4OS/c1-17-12-3-2-9(6-14-12)16-10(4-5-15-16)11-7-13-8-18-11/h2-8H,1H3. The van der Waals surface area contributed by atoms with Crippen LogP contribution in [0.5, 0.6) is 5.88 Å². The second-order valence-corrected chi connectivity index (χ2v) is 4.44. The van der Waals surface area contributed by atoms with E-state index in [-0.39, 0.29) is 0 Å². The minimum absolute atomic E-state index is 0.588. The summed E-state index contributed by atoms with van der Waals surface area (Å²) in [6.45, 7) is 0. The first-order chi connectivity index (χ1) is 8.88. The summed E-state index contributed by atoms with van der Waals surface area (Å²) < 4.78 is 6.87. The molecule has 3 rings (SSSR count). The van der Waals surface area contributed by atoms with Crippen LogP contribution in [0.4, 0.5) is 0 Å². The molecule has 5 nitrogen and oxygen atoms in total. The van der Waals surface area contributed by atoms with Gasteiger partial charge in [0, 0.05) is 12.3 Å². The molecular formula is C12H10N4OS. The summed E-state index contributed by atoms with van der Waals surface area (Å²) in [5.41, 5.74) is 3.70. The number of ether oxygens (including phenoxy) is 1. The molecule has 0 saturated carbocycles. The van der Waals surface area contributed by atoms with Gasteiger partial charge in [-0.05, 0) is 12.1 Å². The van der Waals surface area contributed by atoms with Crippen molar-refractivity contribution in [3.63, 3.8) is 0 Å². The predicted molar refractivity (Wildman–Crippen MR) is 69.0 cm³/mol. The van der Waals surface area contributed by atoms with Gasteiger partial charge in [-0.1, -0.05) is 0 Å². The van der Waals surface area contributed by atoms with E-state index in [4.69, 9.17) is 4.74 Å². The van der Waals surface area contributed by atoms with Gasteiger partial charge in [0.2, 0.25) is 5.88 Å². The number of pyridine rings is 1. The van der Waals surface area contributed by atoms with Gasteiger partial charge in [0.1, 0.15) is 0 Å². The van der Waals surface area contributed by atoms with E-state index in [1.165, 1.54) is 0 Å². The molecular weight excluding hydrogens is 248 g/mol. The van der Waals surface area contributed by atoms with Gasteiger partial charge in [0.05, 0.1) is 41.3 Å². The van der Waals surface area contributed by atoms with E-state index in [9.17, 15) is 0 Å². The van der Waals surface area contributed by atoms with E-state index in [1.807, 2.05) is 29.1 Å². The van der Waals surface area contributed by atoms with Crippen molar-refractivity contribution in [2.45, 2.75) is 0 Å². The molecule has 0 spiro atoms. The summed E-state index contributed by atoms with van der Waals surface area (Å²) in [7, 11) is 1.60. The van der Waals surface area contributed by atoms with Crippen LogP contribution in [-0.2, 0) is 0 Å². The molecule has 0 aliphatic carbocycles. The van der Waals surface area contributed by atoms with Crippen molar-refractivity contribution in [2.75, 3.05) is 7.11 Å². The van der Waals surface area contributed by atoms with Gasteiger partial charge in [-0.25, -0.2) is 9.67 Å². The van der Waals surface area contributed by atoms with Gasteiger partial charge in [0.15, 0.2) is 0 Å². The van der Waals surface area contributed by atoms with Crippen LogP contribution in [0.15, 0.2) is 42.3 Å². The first-order valence-corrected chi connectivity index (χ1v) is 6.20. The van der Waals surface area contributed by atoms with Gasteiger partial charge in [-0.15, -0.1) is 11.3 Å². The fraction of sp³-hybridized carbons (Fsp3) is 0.0833.